The summed E-state index contributed by atoms with van der Waals surface area (Å²) in [5.41, 5.74) is 5.52. The van der Waals surface area contributed by atoms with Crippen LogP contribution in [0.1, 0.15) is 26.7 Å². The molecule has 1 unspecified atom stereocenters. The molecular formula is C11H23N3O. The molecule has 1 atom stereocenters. The molecule has 3 N–H and O–H groups in total. The Hall–Kier alpha value is -0.610. The Kier molecular flexibility index (Phi) is 5.05. The summed E-state index contributed by atoms with van der Waals surface area (Å²) < 4.78 is 0. The Labute approximate surface area is 92.2 Å². The molecule has 0 aromatic heterocycles. The number of amides is 1. The van der Waals surface area contributed by atoms with Crippen LogP contribution in [0.2, 0.25) is 0 Å². The molecule has 4 nitrogen and oxygen atoms in total. The van der Waals surface area contributed by atoms with Gasteiger partial charge in [-0.15, -0.1) is 0 Å². The third kappa shape index (κ3) is 4.18. The Morgan fingerprint density at radius 2 is 2.33 bits per heavy atom. The lowest BCUT2D eigenvalue weighted by Gasteiger charge is -2.31. The maximum absolute atomic E-state index is 11.8. The van der Waals surface area contributed by atoms with Crippen molar-refractivity contribution in [1.82, 2.24) is 10.2 Å². The maximum atomic E-state index is 11.8. The summed E-state index contributed by atoms with van der Waals surface area (Å²) in [6, 6.07) is 0.238. The van der Waals surface area contributed by atoms with E-state index in [1.54, 1.807) is 0 Å². The number of piperidine rings is 1. The van der Waals surface area contributed by atoms with E-state index >= 15 is 0 Å². The molecule has 1 saturated heterocycles. The highest BCUT2D eigenvalue weighted by Crippen LogP contribution is 2.16. The second kappa shape index (κ2) is 6.08. The average Bonchev–Trinajstić information content (AvgIpc) is 2.17. The van der Waals surface area contributed by atoms with Gasteiger partial charge >= 0.3 is 0 Å². The van der Waals surface area contributed by atoms with Gasteiger partial charge in [0.25, 0.3) is 0 Å². The minimum atomic E-state index is 0.160. The number of likely N-dealkylation sites (tertiary alicyclic amines) is 1. The zero-order chi connectivity index (χ0) is 11.3. The topological polar surface area (TPSA) is 58.4 Å². The predicted octanol–water partition coefficient (Wildman–Crippen LogP) is 0.182. The molecule has 1 amide bonds. The van der Waals surface area contributed by atoms with Crippen LogP contribution in [-0.4, -0.2) is 43.0 Å². The molecule has 88 valence electrons. The quantitative estimate of drug-likeness (QED) is 0.700. The molecule has 0 aromatic carbocycles. The summed E-state index contributed by atoms with van der Waals surface area (Å²) >= 11 is 0. The van der Waals surface area contributed by atoms with Crippen molar-refractivity contribution in [1.29, 1.82) is 0 Å². The molecule has 1 heterocycles. The van der Waals surface area contributed by atoms with Crippen molar-refractivity contribution in [3.05, 3.63) is 0 Å². The van der Waals surface area contributed by atoms with Crippen LogP contribution in [0, 0.1) is 5.92 Å². The third-order valence-corrected chi connectivity index (χ3v) is 2.75. The van der Waals surface area contributed by atoms with Gasteiger partial charge in [-0.3, -0.25) is 4.79 Å². The smallest absolute Gasteiger partial charge is 0.224 e. The van der Waals surface area contributed by atoms with E-state index in [2.05, 4.69) is 10.2 Å². The van der Waals surface area contributed by atoms with E-state index in [4.69, 9.17) is 5.73 Å². The number of hydrogen-bond donors (Lipinski definition) is 2. The highest BCUT2D eigenvalue weighted by molar-refractivity contribution is 5.79. The minimum Gasteiger partial charge on any atom is -0.354 e. The monoisotopic (exact) mass is 213 g/mol. The molecule has 0 bridgehead atoms. The molecule has 1 aliphatic heterocycles. The summed E-state index contributed by atoms with van der Waals surface area (Å²) in [7, 11) is 0. The number of carbonyl (C=O) groups excluding carboxylic acids is 1. The molecule has 1 aliphatic rings. The van der Waals surface area contributed by atoms with Gasteiger partial charge in [-0.1, -0.05) is 0 Å². The number of rotatable bonds is 4. The predicted molar refractivity (Wildman–Crippen MR) is 61.5 cm³/mol. The van der Waals surface area contributed by atoms with Crippen molar-refractivity contribution in [2.24, 2.45) is 11.7 Å². The molecule has 0 saturated carbocycles. The first-order valence-electron chi connectivity index (χ1n) is 5.86. The van der Waals surface area contributed by atoms with Gasteiger partial charge in [-0.05, 0) is 33.2 Å². The Morgan fingerprint density at radius 3 is 2.93 bits per heavy atom. The zero-order valence-electron chi connectivity index (χ0n) is 9.83. The van der Waals surface area contributed by atoms with Crippen LogP contribution in [0.3, 0.4) is 0 Å². The fourth-order valence-electron chi connectivity index (χ4n) is 2.06. The number of hydrogen-bond acceptors (Lipinski definition) is 3. The zero-order valence-corrected chi connectivity index (χ0v) is 9.83. The largest absolute Gasteiger partial charge is 0.354 e. The summed E-state index contributed by atoms with van der Waals surface area (Å²) in [5.74, 6) is 0.361. The highest BCUT2D eigenvalue weighted by Gasteiger charge is 2.25. The fraction of sp³-hybridized carbons (Fsp3) is 0.909. The molecular weight excluding hydrogens is 190 g/mol. The van der Waals surface area contributed by atoms with Crippen molar-refractivity contribution in [3.8, 4) is 0 Å². The van der Waals surface area contributed by atoms with Gasteiger partial charge in [-0.2, -0.15) is 0 Å². The fourth-order valence-corrected chi connectivity index (χ4v) is 2.06. The number of nitrogens with zero attached hydrogens (tertiary/aromatic N) is 1. The van der Waals surface area contributed by atoms with Crippen LogP contribution in [0.25, 0.3) is 0 Å². The van der Waals surface area contributed by atoms with Gasteiger partial charge in [0.2, 0.25) is 5.91 Å². The van der Waals surface area contributed by atoms with Gasteiger partial charge in [0.15, 0.2) is 0 Å². The lowest BCUT2D eigenvalue weighted by Crippen LogP contribution is -2.45. The van der Waals surface area contributed by atoms with Gasteiger partial charge in [0.1, 0.15) is 0 Å². The second-order valence-electron chi connectivity index (χ2n) is 4.59. The number of nitrogens with one attached hydrogen (secondary N) is 1. The van der Waals surface area contributed by atoms with Gasteiger partial charge in [-0.25, -0.2) is 0 Å². The van der Waals surface area contributed by atoms with Crippen LogP contribution in [0.5, 0.6) is 0 Å². The van der Waals surface area contributed by atoms with Crippen molar-refractivity contribution in [2.75, 3.05) is 26.2 Å². The van der Waals surface area contributed by atoms with E-state index in [1.807, 2.05) is 13.8 Å². The van der Waals surface area contributed by atoms with Crippen LogP contribution in [0.15, 0.2) is 0 Å². The first-order chi connectivity index (χ1) is 7.13. The maximum Gasteiger partial charge on any atom is 0.224 e. The van der Waals surface area contributed by atoms with Gasteiger partial charge in [0, 0.05) is 25.7 Å². The summed E-state index contributed by atoms with van der Waals surface area (Å²) in [4.78, 5) is 14.1. The second-order valence-corrected chi connectivity index (χ2v) is 4.59. The van der Waals surface area contributed by atoms with Gasteiger partial charge in [0.05, 0.1) is 5.92 Å². The first kappa shape index (κ1) is 12.5. The molecule has 15 heavy (non-hydrogen) atoms. The van der Waals surface area contributed by atoms with Crippen molar-refractivity contribution in [2.45, 2.75) is 32.7 Å². The number of carbonyl (C=O) groups is 1. The van der Waals surface area contributed by atoms with Gasteiger partial charge < -0.3 is 16.0 Å². The van der Waals surface area contributed by atoms with E-state index in [-0.39, 0.29) is 17.9 Å². The van der Waals surface area contributed by atoms with Crippen molar-refractivity contribution < 1.29 is 4.79 Å². The SMILES string of the molecule is CC(C)NC(=O)C1CCCN(CCN)C1. The van der Waals surface area contributed by atoms with E-state index in [0.29, 0.717) is 6.54 Å². The molecule has 0 aromatic rings. The van der Waals surface area contributed by atoms with E-state index < -0.39 is 0 Å². The van der Waals surface area contributed by atoms with Crippen molar-refractivity contribution >= 4 is 5.91 Å². The van der Waals surface area contributed by atoms with Crippen LogP contribution >= 0.6 is 0 Å². The normalized spacial score (nSPS) is 23.1. The first-order valence-corrected chi connectivity index (χ1v) is 5.86. The summed E-state index contributed by atoms with van der Waals surface area (Å²) in [6.07, 6.45) is 2.12. The Morgan fingerprint density at radius 1 is 1.60 bits per heavy atom. The van der Waals surface area contributed by atoms with Crippen LogP contribution in [-0.2, 0) is 4.79 Å². The average molecular weight is 213 g/mol. The highest BCUT2D eigenvalue weighted by atomic mass is 16.2. The summed E-state index contributed by atoms with van der Waals surface area (Å²) in [5, 5.41) is 2.98. The summed E-state index contributed by atoms with van der Waals surface area (Å²) in [6.45, 7) is 7.54. The Balaban J connectivity index is 2.38. The van der Waals surface area contributed by atoms with Crippen LogP contribution < -0.4 is 11.1 Å². The molecule has 4 heteroatoms. The minimum absolute atomic E-state index is 0.160. The van der Waals surface area contributed by atoms with Crippen molar-refractivity contribution in [3.63, 3.8) is 0 Å². The number of nitrogens with two attached hydrogens (primary N) is 1. The van der Waals surface area contributed by atoms with Crippen LogP contribution in [0.4, 0.5) is 0 Å². The van der Waals surface area contributed by atoms with E-state index in [0.717, 1.165) is 32.5 Å². The molecule has 0 radical (unpaired) electrons. The lowest BCUT2D eigenvalue weighted by molar-refractivity contribution is -0.127. The standard InChI is InChI=1S/C11H23N3O/c1-9(2)13-11(15)10-4-3-6-14(8-10)7-5-12/h9-10H,3-8,12H2,1-2H3,(H,13,15). The molecule has 0 spiro atoms. The molecule has 1 rings (SSSR count). The van der Waals surface area contributed by atoms with E-state index in [1.165, 1.54) is 0 Å². The molecule has 0 aliphatic carbocycles. The van der Waals surface area contributed by atoms with E-state index in [9.17, 15) is 4.79 Å². The Bertz CT molecular complexity index is 204. The molecule has 1 fully saturated rings. The lowest BCUT2D eigenvalue weighted by atomic mass is 9.97. The third-order valence-electron chi connectivity index (χ3n) is 2.75.